The number of para-hydroxylation sites is 1. The minimum atomic E-state index is -0.167. The first-order chi connectivity index (χ1) is 8.09. The average molecular weight is 232 g/mol. The normalized spacial score (nSPS) is 12.9. The maximum absolute atomic E-state index is 11.2. The fourth-order valence-corrected chi connectivity index (χ4v) is 1.81. The minimum Gasteiger partial charge on any atom is -0.334 e. The van der Waals surface area contributed by atoms with Crippen LogP contribution in [0.5, 0.6) is 0 Å². The summed E-state index contributed by atoms with van der Waals surface area (Å²) in [5, 5.41) is 11.1. The predicted octanol–water partition coefficient (Wildman–Crippen LogP) is 1.72. The standard InChI is InChI=1S/C12H16N4O/c1-8(2)12(13-9(3)17)16-11-7-5-4-6-10(11)14-15-16/h4-8,12H,1-3H3,(H,13,17)/t12-/m1/s1. The fourth-order valence-electron chi connectivity index (χ4n) is 1.81. The molecule has 0 aliphatic heterocycles. The van der Waals surface area contributed by atoms with Crippen LogP contribution in [-0.4, -0.2) is 20.9 Å². The number of nitrogens with zero attached hydrogens (tertiary/aromatic N) is 3. The summed E-state index contributed by atoms with van der Waals surface area (Å²) in [5.74, 6) is 0.173. The molecule has 0 saturated carbocycles. The van der Waals surface area contributed by atoms with E-state index in [1.54, 1.807) is 4.68 Å². The Labute approximate surface area is 99.8 Å². The van der Waals surface area contributed by atoms with Gasteiger partial charge in [-0.15, -0.1) is 5.10 Å². The molecule has 5 heteroatoms. The van der Waals surface area contributed by atoms with Crippen LogP contribution in [0.4, 0.5) is 0 Å². The number of amides is 1. The van der Waals surface area contributed by atoms with Crippen LogP contribution in [0.3, 0.4) is 0 Å². The fraction of sp³-hybridized carbons (Fsp3) is 0.417. The Morgan fingerprint density at radius 3 is 2.71 bits per heavy atom. The molecule has 0 aliphatic rings. The minimum absolute atomic E-state index is 0.0664. The van der Waals surface area contributed by atoms with Gasteiger partial charge in [0.15, 0.2) is 0 Å². The topological polar surface area (TPSA) is 59.8 Å². The van der Waals surface area contributed by atoms with Gasteiger partial charge in [0.2, 0.25) is 5.91 Å². The van der Waals surface area contributed by atoms with Crippen molar-refractivity contribution in [3.8, 4) is 0 Å². The second kappa shape index (κ2) is 4.53. The number of rotatable bonds is 3. The molecule has 1 aromatic carbocycles. The Kier molecular flexibility index (Phi) is 3.08. The van der Waals surface area contributed by atoms with Crippen molar-refractivity contribution in [2.45, 2.75) is 26.9 Å². The smallest absolute Gasteiger partial charge is 0.218 e. The Bertz CT molecular complexity index is 532. The van der Waals surface area contributed by atoms with Crippen LogP contribution in [0.25, 0.3) is 11.0 Å². The van der Waals surface area contributed by atoms with Crippen LogP contribution in [0.15, 0.2) is 24.3 Å². The van der Waals surface area contributed by atoms with Crippen LogP contribution < -0.4 is 5.32 Å². The molecule has 0 saturated heterocycles. The van der Waals surface area contributed by atoms with Crippen LogP contribution in [0.2, 0.25) is 0 Å². The van der Waals surface area contributed by atoms with Gasteiger partial charge in [-0.3, -0.25) is 4.79 Å². The monoisotopic (exact) mass is 232 g/mol. The molecule has 0 bridgehead atoms. The summed E-state index contributed by atoms with van der Waals surface area (Å²) in [6, 6.07) is 7.72. The van der Waals surface area contributed by atoms with Crippen LogP contribution in [0.1, 0.15) is 26.9 Å². The van der Waals surface area contributed by atoms with Crippen molar-refractivity contribution in [2.75, 3.05) is 0 Å². The number of benzene rings is 1. The van der Waals surface area contributed by atoms with Gasteiger partial charge in [0.25, 0.3) is 0 Å². The molecule has 0 spiro atoms. The molecule has 0 radical (unpaired) electrons. The zero-order valence-corrected chi connectivity index (χ0v) is 10.2. The molecule has 1 amide bonds. The maximum Gasteiger partial charge on any atom is 0.218 e. The lowest BCUT2D eigenvalue weighted by Crippen LogP contribution is -2.34. The summed E-state index contributed by atoms with van der Waals surface area (Å²) in [5.41, 5.74) is 1.77. The molecule has 17 heavy (non-hydrogen) atoms. The number of aromatic nitrogens is 3. The summed E-state index contributed by atoms with van der Waals surface area (Å²) in [7, 11) is 0. The van der Waals surface area contributed by atoms with E-state index in [0.717, 1.165) is 11.0 Å². The van der Waals surface area contributed by atoms with Gasteiger partial charge in [0.1, 0.15) is 11.7 Å². The van der Waals surface area contributed by atoms with Gasteiger partial charge < -0.3 is 5.32 Å². The van der Waals surface area contributed by atoms with Crippen molar-refractivity contribution < 1.29 is 4.79 Å². The molecule has 2 rings (SSSR count). The summed E-state index contributed by atoms with van der Waals surface area (Å²) >= 11 is 0. The van der Waals surface area contributed by atoms with Crippen LogP contribution in [0, 0.1) is 5.92 Å². The van der Waals surface area contributed by atoms with Crippen molar-refractivity contribution in [3.05, 3.63) is 24.3 Å². The van der Waals surface area contributed by atoms with Crippen molar-refractivity contribution >= 4 is 16.9 Å². The number of hydrogen-bond acceptors (Lipinski definition) is 3. The van der Waals surface area contributed by atoms with Gasteiger partial charge in [0.05, 0.1) is 5.52 Å². The van der Waals surface area contributed by atoms with E-state index >= 15 is 0 Å². The zero-order valence-electron chi connectivity index (χ0n) is 10.2. The second-order valence-corrected chi connectivity index (χ2v) is 4.41. The number of carbonyl (C=O) groups is 1. The van der Waals surface area contributed by atoms with Gasteiger partial charge in [-0.2, -0.15) is 0 Å². The summed E-state index contributed by atoms with van der Waals surface area (Å²) < 4.78 is 1.77. The molecule has 1 N–H and O–H groups in total. The van der Waals surface area contributed by atoms with E-state index in [0.29, 0.717) is 0 Å². The largest absolute Gasteiger partial charge is 0.334 e. The molecule has 0 fully saturated rings. The number of nitrogens with one attached hydrogen (secondary N) is 1. The summed E-state index contributed by atoms with van der Waals surface area (Å²) in [4.78, 5) is 11.2. The van der Waals surface area contributed by atoms with Crippen molar-refractivity contribution in [1.82, 2.24) is 20.3 Å². The van der Waals surface area contributed by atoms with Crippen molar-refractivity contribution in [1.29, 1.82) is 0 Å². The number of carbonyl (C=O) groups excluding carboxylic acids is 1. The van der Waals surface area contributed by atoms with E-state index in [2.05, 4.69) is 15.6 Å². The molecule has 90 valence electrons. The first kappa shape index (κ1) is 11.6. The highest BCUT2D eigenvalue weighted by Gasteiger charge is 2.19. The highest BCUT2D eigenvalue weighted by atomic mass is 16.1. The van der Waals surface area contributed by atoms with Crippen LogP contribution >= 0.6 is 0 Å². The first-order valence-electron chi connectivity index (χ1n) is 5.66. The van der Waals surface area contributed by atoms with Crippen LogP contribution in [-0.2, 0) is 4.79 Å². The molecular weight excluding hydrogens is 216 g/mol. The van der Waals surface area contributed by atoms with E-state index in [1.807, 2.05) is 38.1 Å². The van der Waals surface area contributed by atoms with E-state index in [-0.39, 0.29) is 18.0 Å². The Hall–Kier alpha value is -1.91. The molecule has 5 nitrogen and oxygen atoms in total. The molecule has 1 aromatic heterocycles. The molecule has 0 aliphatic carbocycles. The highest BCUT2D eigenvalue weighted by Crippen LogP contribution is 2.19. The Morgan fingerprint density at radius 2 is 2.06 bits per heavy atom. The van der Waals surface area contributed by atoms with E-state index < -0.39 is 0 Å². The third-order valence-corrected chi connectivity index (χ3v) is 2.62. The molecule has 1 heterocycles. The lowest BCUT2D eigenvalue weighted by atomic mass is 10.1. The third kappa shape index (κ3) is 2.27. The van der Waals surface area contributed by atoms with Gasteiger partial charge in [-0.05, 0) is 18.1 Å². The summed E-state index contributed by atoms with van der Waals surface area (Å²) in [6.07, 6.45) is -0.167. The quantitative estimate of drug-likeness (QED) is 0.876. The molecule has 2 aromatic rings. The third-order valence-electron chi connectivity index (χ3n) is 2.62. The predicted molar refractivity (Wildman–Crippen MR) is 65.2 cm³/mol. The second-order valence-electron chi connectivity index (χ2n) is 4.41. The summed E-state index contributed by atoms with van der Waals surface area (Å²) in [6.45, 7) is 5.59. The van der Waals surface area contributed by atoms with Gasteiger partial charge >= 0.3 is 0 Å². The lowest BCUT2D eigenvalue weighted by Gasteiger charge is -2.22. The van der Waals surface area contributed by atoms with Gasteiger partial charge in [0, 0.05) is 6.92 Å². The van der Waals surface area contributed by atoms with Crippen molar-refractivity contribution in [3.63, 3.8) is 0 Å². The average Bonchev–Trinajstić information content (AvgIpc) is 2.69. The van der Waals surface area contributed by atoms with Gasteiger partial charge in [-0.1, -0.05) is 31.2 Å². The zero-order chi connectivity index (χ0) is 12.4. The maximum atomic E-state index is 11.2. The first-order valence-corrected chi connectivity index (χ1v) is 5.66. The molecule has 0 unspecified atom stereocenters. The highest BCUT2D eigenvalue weighted by molar-refractivity contribution is 5.75. The van der Waals surface area contributed by atoms with E-state index in [1.165, 1.54) is 6.92 Å². The van der Waals surface area contributed by atoms with E-state index in [9.17, 15) is 4.79 Å². The Morgan fingerprint density at radius 1 is 1.35 bits per heavy atom. The number of fused-ring (bicyclic) bond motifs is 1. The Balaban J connectivity index is 2.45. The van der Waals surface area contributed by atoms with Gasteiger partial charge in [-0.25, -0.2) is 4.68 Å². The molecule has 1 atom stereocenters. The lowest BCUT2D eigenvalue weighted by molar-refractivity contribution is -0.120. The molecular formula is C12H16N4O. The van der Waals surface area contributed by atoms with E-state index in [4.69, 9.17) is 0 Å². The van der Waals surface area contributed by atoms with Crippen molar-refractivity contribution in [2.24, 2.45) is 5.92 Å². The SMILES string of the molecule is CC(=O)N[C@@H](C(C)C)n1nnc2ccccc21. The number of hydrogen-bond donors (Lipinski definition) is 1.